The van der Waals surface area contributed by atoms with Crippen molar-refractivity contribution in [2.75, 3.05) is 31.5 Å². The van der Waals surface area contributed by atoms with Gasteiger partial charge in [0.2, 0.25) is 0 Å². The van der Waals surface area contributed by atoms with E-state index < -0.39 is 0 Å². The van der Waals surface area contributed by atoms with E-state index in [1.54, 1.807) is 11.3 Å². The normalized spacial score (nSPS) is 14.5. The Morgan fingerprint density at radius 3 is 2.69 bits per heavy atom. The maximum atomic E-state index is 12.9. The molecule has 0 unspecified atom stereocenters. The second-order valence-electron chi connectivity index (χ2n) is 8.16. The van der Waals surface area contributed by atoms with Crippen LogP contribution >= 0.6 is 11.3 Å². The largest absolute Gasteiger partial charge is 0.321 e. The number of rotatable bonds is 5. The molecule has 1 aromatic heterocycles. The van der Waals surface area contributed by atoms with Gasteiger partial charge >= 0.3 is 0 Å². The number of aryl methyl sites for hydroxylation is 1. The van der Waals surface area contributed by atoms with E-state index in [1.807, 2.05) is 55.5 Å². The summed E-state index contributed by atoms with van der Waals surface area (Å²) in [6.45, 7) is 7.19. The molecule has 1 amide bonds. The van der Waals surface area contributed by atoms with Crippen LogP contribution in [0.1, 0.15) is 21.5 Å². The number of amides is 1. The Morgan fingerprint density at radius 2 is 1.84 bits per heavy atom. The summed E-state index contributed by atoms with van der Waals surface area (Å²) in [5, 5.41) is 7.41. The molecule has 0 aliphatic carbocycles. The van der Waals surface area contributed by atoms with E-state index in [9.17, 15) is 4.79 Å². The fourth-order valence-corrected chi connectivity index (χ4v) is 5.17. The Balaban J connectivity index is 1.41. The van der Waals surface area contributed by atoms with Gasteiger partial charge in [0.15, 0.2) is 0 Å². The number of hydrogen-bond donors (Lipinski definition) is 2. The Hall–Kier alpha value is -3.06. The molecule has 2 heterocycles. The molecule has 2 N–H and O–H groups in total. The van der Waals surface area contributed by atoms with Crippen LogP contribution in [0.3, 0.4) is 0 Å². The van der Waals surface area contributed by atoms with Gasteiger partial charge in [0, 0.05) is 43.9 Å². The Labute approximate surface area is 192 Å². The highest BCUT2D eigenvalue weighted by Gasteiger charge is 2.15. The van der Waals surface area contributed by atoms with Gasteiger partial charge in [-0.15, -0.1) is 11.3 Å². The Bertz CT molecular complexity index is 1260. The minimum atomic E-state index is -0.102. The van der Waals surface area contributed by atoms with Crippen LogP contribution in [-0.2, 0) is 6.54 Å². The van der Waals surface area contributed by atoms with Crippen molar-refractivity contribution in [3.8, 4) is 10.6 Å². The summed E-state index contributed by atoms with van der Waals surface area (Å²) < 4.78 is 1.17. The monoisotopic (exact) mass is 442 g/mol. The van der Waals surface area contributed by atoms with E-state index in [1.165, 1.54) is 10.3 Å². The van der Waals surface area contributed by atoms with E-state index in [-0.39, 0.29) is 5.91 Å². The van der Waals surface area contributed by atoms with Crippen LogP contribution < -0.4 is 10.6 Å². The summed E-state index contributed by atoms with van der Waals surface area (Å²) >= 11 is 1.67. The lowest BCUT2D eigenvalue weighted by atomic mass is 10.1. The van der Waals surface area contributed by atoms with Crippen molar-refractivity contribution in [3.63, 3.8) is 0 Å². The molecule has 1 aliphatic heterocycles. The second-order valence-corrected chi connectivity index (χ2v) is 9.19. The number of carbonyl (C=O) groups excluding carboxylic acids is 1. The van der Waals surface area contributed by atoms with Gasteiger partial charge in [-0.25, -0.2) is 4.98 Å². The van der Waals surface area contributed by atoms with Gasteiger partial charge in [-0.3, -0.25) is 9.69 Å². The van der Waals surface area contributed by atoms with E-state index in [0.29, 0.717) is 5.56 Å². The van der Waals surface area contributed by atoms with Crippen LogP contribution in [-0.4, -0.2) is 42.0 Å². The molecule has 5 rings (SSSR count). The number of thiazole rings is 1. The van der Waals surface area contributed by atoms with Crippen molar-refractivity contribution >= 4 is 33.1 Å². The van der Waals surface area contributed by atoms with Crippen LogP contribution in [0.15, 0.2) is 66.7 Å². The molecular formula is C26H26N4OS. The molecule has 1 saturated heterocycles. The minimum Gasteiger partial charge on any atom is -0.321 e. The summed E-state index contributed by atoms with van der Waals surface area (Å²) in [4.78, 5) is 20.2. The lowest BCUT2D eigenvalue weighted by Crippen LogP contribution is -2.42. The highest BCUT2D eigenvalue weighted by molar-refractivity contribution is 7.21. The zero-order chi connectivity index (χ0) is 21.9. The first kappa shape index (κ1) is 20.8. The van der Waals surface area contributed by atoms with E-state index in [4.69, 9.17) is 4.98 Å². The Morgan fingerprint density at radius 1 is 1.06 bits per heavy atom. The molecule has 1 aliphatic rings. The maximum Gasteiger partial charge on any atom is 0.255 e. The van der Waals surface area contributed by atoms with Crippen LogP contribution in [0.2, 0.25) is 0 Å². The number of fused-ring (bicyclic) bond motifs is 1. The molecule has 1 fully saturated rings. The van der Waals surface area contributed by atoms with E-state index in [2.05, 4.69) is 33.7 Å². The van der Waals surface area contributed by atoms with Gasteiger partial charge in [-0.05, 0) is 48.4 Å². The van der Waals surface area contributed by atoms with E-state index >= 15 is 0 Å². The summed E-state index contributed by atoms with van der Waals surface area (Å²) in [5.74, 6) is -0.102. The predicted molar refractivity (Wildman–Crippen MR) is 132 cm³/mol. The fraction of sp³-hybridized carbons (Fsp3) is 0.231. The number of benzene rings is 3. The molecule has 0 radical (unpaired) electrons. The number of aromatic nitrogens is 1. The molecule has 0 bridgehead atoms. The van der Waals surface area contributed by atoms with Crippen molar-refractivity contribution in [2.45, 2.75) is 13.5 Å². The third kappa shape index (κ3) is 4.43. The average Bonchev–Trinajstić information content (AvgIpc) is 3.23. The number of para-hydroxylation sites is 1. The van der Waals surface area contributed by atoms with Gasteiger partial charge in [0.1, 0.15) is 5.01 Å². The molecule has 4 aromatic rings. The lowest BCUT2D eigenvalue weighted by molar-refractivity contribution is 0.102. The quantitative estimate of drug-likeness (QED) is 0.460. The van der Waals surface area contributed by atoms with Crippen molar-refractivity contribution in [1.82, 2.24) is 15.2 Å². The number of carbonyl (C=O) groups is 1. The van der Waals surface area contributed by atoms with Gasteiger partial charge in [-0.1, -0.05) is 36.4 Å². The van der Waals surface area contributed by atoms with Crippen molar-refractivity contribution in [3.05, 3.63) is 83.4 Å². The third-order valence-corrected chi connectivity index (χ3v) is 6.92. The average molecular weight is 443 g/mol. The molecule has 3 aromatic carbocycles. The first-order valence-electron chi connectivity index (χ1n) is 11.0. The zero-order valence-electron chi connectivity index (χ0n) is 18.1. The van der Waals surface area contributed by atoms with Crippen LogP contribution in [0, 0.1) is 6.92 Å². The number of nitrogens with zero attached hydrogens (tertiary/aromatic N) is 2. The van der Waals surface area contributed by atoms with Crippen LogP contribution in [0.25, 0.3) is 20.8 Å². The minimum absolute atomic E-state index is 0.102. The number of hydrogen-bond acceptors (Lipinski definition) is 5. The second kappa shape index (κ2) is 9.20. The number of piperazine rings is 1. The maximum absolute atomic E-state index is 12.9. The summed E-state index contributed by atoms with van der Waals surface area (Å²) in [6.07, 6.45) is 0. The van der Waals surface area contributed by atoms with Crippen LogP contribution in [0.5, 0.6) is 0 Å². The molecule has 162 valence electrons. The summed E-state index contributed by atoms with van der Waals surface area (Å²) in [7, 11) is 0. The first-order chi connectivity index (χ1) is 15.7. The van der Waals surface area contributed by atoms with Gasteiger partial charge in [-0.2, -0.15) is 0 Å². The first-order valence-corrected chi connectivity index (χ1v) is 11.8. The van der Waals surface area contributed by atoms with Crippen LogP contribution in [0.4, 0.5) is 5.69 Å². The van der Waals surface area contributed by atoms with Gasteiger partial charge in [0.25, 0.3) is 5.91 Å². The Kier molecular flexibility index (Phi) is 5.99. The molecule has 32 heavy (non-hydrogen) atoms. The SMILES string of the molecule is Cc1ccccc1C(=O)Nc1ccccc1-c1nc2ccc(CN3CCNCC3)cc2s1. The zero-order valence-corrected chi connectivity index (χ0v) is 18.9. The lowest BCUT2D eigenvalue weighted by Gasteiger charge is -2.27. The molecule has 0 saturated carbocycles. The van der Waals surface area contributed by atoms with Gasteiger partial charge < -0.3 is 10.6 Å². The molecule has 6 heteroatoms. The standard InChI is InChI=1S/C26H26N4OS/c1-18-6-2-3-7-20(18)25(31)28-22-9-5-4-8-21(22)26-29-23-11-10-19(16-24(23)32-26)17-30-14-12-27-13-15-30/h2-11,16,27H,12-15,17H2,1H3,(H,28,31). The molecular weight excluding hydrogens is 416 g/mol. The molecule has 0 spiro atoms. The highest BCUT2D eigenvalue weighted by Crippen LogP contribution is 2.35. The van der Waals surface area contributed by atoms with Crippen molar-refractivity contribution in [2.24, 2.45) is 0 Å². The predicted octanol–water partition coefficient (Wildman–Crippen LogP) is 4.93. The third-order valence-electron chi connectivity index (χ3n) is 5.86. The number of nitrogens with one attached hydrogen (secondary N) is 2. The van der Waals surface area contributed by atoms with Crippen molar-refractivity contribution in [1.29, 1.82) is 0 Å². The summed E-state index contributed by atoms with van der Waals surface area (Å²) in [6, 6.07) is 22.1. The topological polar surface area (TPSA) is 57.3 Å². The van der Waals surface area contributed by atoms with Gasteiger partial charge in [0.05, 0.1) is 15.9 Å². The molecule has 0 atom stereocenters. The van der Waals surface area contributed by atoms with E-state index in [0.717, 1.165) is 60.1 Å². The number of anilines is 1. The van der Waals surface area contributed by atoms with Crippen molar-refractivity contribution < 1.29 is 4.79 Å². The fourth-order valence-electron chi connectivity index (χ4n) is 4.11. The smallest absolute Gasteiger partial charge is 0.255 e. The highest BCUT2D eigenvalue weighted by atomic mass is 32.1. The summed E-state index contributed by atoms with van der Waals surface area (Å²) in [5.41, 5.74) is 5.67. The molecule has 5 nitrogen and oxygen atoms in total.